The van der Waals surface area contributed by atoms with E-state index in [4.69, 9.17) is 10.5 Å². The van der Waals surface area contributed by atoms with Crippen molar-refractivity contribution in [1.82, 2.24) is 9.38 Å². The predicted octanol–water partition coefficient (Wildman–Crippen LogP) is 2.82. The van der Waals surface area contributed by atoms with Gasteiger partial charge in [0.25, 0.3) is 0 Å². The molecule has 0 saturated heterocycles. The van der Waals surface area contributed by atoms with Gasteiger partial charge in [-0.25, -0.2) is 4.98 Å². The molecule has 102 valence electrons. The highest BCUT2D eigenvalue weighted by atomic mass is 16.5. The van der Waals surface area contributed by atoms with E-state index in [1.807, 2.05) is 48.0 Å². The summed E-state index contributed by atoms with van der Waals surface area (Å²) in [6, 6.07) is 10.0. The number of rotatable bonds is 3. The number of pyridine rings is 1. The minimum atomic E-state index is 0.776. The maximum Gasteiger partial charge on any atom is 0.137 e. The van der Waals surface area contributed by atoms with Crippen LogP contribution in [0.2, 0.25) is 0 Å². The number of nitrogen functional groups attached to an aromatic ring is 1. The van der Waals surface area contributed by atoms with E-state index >= 15 is 0 Å². The fraction of sp³-hybridized carbons (Fsp3) is 0.188. The normalized spacial score (nSPS) is 10.9. The molecule has 0 fully saturated rings. The number of nitrogens with zero attached hydrogens (tertiary/aromatic N) is 2. The van der Waals surface area contributed by atoms with Gasteiger partial charge in [0.15, 0.2) is 0 Å². The maximum absolute atomic E-state index is 5.92. The molecule has 2 aromatic heterocycles. The SMILES string of the molecule is COc1cccc(Cc2cn3cc(N)c(C)cc3n2)c1. The topological polar surface area (TPSA) is 52.5 Å². The smallest absolute Gasteiger partial charge is 0.137 e. The molecule has 2 N–H and O–H groups in total. The zero-order valence-corrected chi connectivity index (χ0v) is 11.6. The quantitative estimate of drug-likeness (QED) is 0.794. The summed E-state index contributed by atoms with van der Waals surface area (Å²) in [7, 11) is 1.68. The van der Waals surface area contributed by atoms with Crippen molar-refractivity contribution in [1.29, 1.82) is 0 Å². The van der Waals surface area contributed by atoms with E-state index in [9.17, 15) is 0 Å². The minimum absolute atomic E-state index is 0.776. The molecule has 0 radical (unpaired) electrons. The Hall–Kier alpha value is -2.49. The van der Waals surface area contributed by atoms with E-state index in [0.29, 0.717) is 0 Å². The summed E-state index contributed by atoms with van der Waals surface area (Å²) >= 11 is 0. The van der Waals surface area contributed by atoms with Crippen molar-refractivity contribution in [2.45, 2.75) is 13.3 Å². The molecule has 0 atom stereocenters. The van der Waals surface area contributed by atoms with E-state index in [1.165, 1.54) is 5.56 Å². The summed E-state index contributed by atoms with van der Waals surface area (Å²) < 4.78 is 7.21. The van der Waals surface area contributed by atoms with Crippen LogP contribution in [0, 0.1) is 6.92 Å². The first-order valence-electron chi connectivity index (χ1n) is 6.52. The molecule has 0 spiro atoms. The Morgan fingerprint density at radius 1 is 1.25 bits per heavy atom. The second-order valence-electron chi connectivity index (χ2n) is 4.94. The molecule has 0 unspecified atom stereocenters. The molecule has 0 aliphatic carbocycles. The van der Waals surface area contributed by atoms with Gasteiger partial charge in [0.2, 0.25) is 0 Å². The number of methoxy groups -OCH3 is 1. The summed E-state index contributed by atoms with van der Waals surface area (Å²) in [5.74, 6) is 0.867. The molecule has 4 heteroatoms. The number of nitrogens with two attached hydrogens (primary N) is 1. The molecular weight excluding hydrogens is 250 g/mol. The fourth-order valence-electron chi connectivity index (χ4n) is 2.28. The first-order valence-corrected chi connectivity index (χ1v) is 6.52. The Morgan fingerprint density at radius 3 is 2.90 bits per heavy atom. The van der Waals surface area contributed by atoms with Crippen LogP contribution in [-0.2, 0) is 6.42 Å². The minimum Gasteiger partial charge on any atom is -0.497 e. The highest BCUT2D eigenvalue weighted by molar-refractivity contribution is 5.54. The van der Waals surface area contributed by atoms with Gasteiger partial charge in [0.05, 0.1) is 18.5 Å². The molecule has 3 rings (SSSR count). The molecule has 0 amide bonds. The van der Waals surface area contributed by atoms with Gasteiger partial charge in [-0.1, -0.05) is 12.1 Å². The van der Waals surface area contributed by atoms with E-state index in [0.717, 1.165) is 34.8 Å². The van der Waals surface area contributed by atoms with E-state index in [2.05, 4.69) is 11.1 Å². The van der Waals surface area contributed by atoms with Gasteiger partial charge in [-0.3, -0.25) is 0 Å². The van der Waals surface area contributed by atoms with Crippen LogP contribution in [0.15, 0.2) is 42.7 Å². The van der Waals surface area contributed by atoms with Crippen molar-refractivity contribution in [3.8, 4) is 5.75 Å². The Bertz CT molecular complexity index is 723. The van der Waals surface area contributed by atoms with Crippen LogP contribution in [-0.4, -0.2) is 16.5 Å². The number of aromatic nitrogens is 2. The Morgan fingerprint density at radius 2 is 2.10 bits per heavy atom. The fourth-order valence-corrected chi connectivity index (χ4v) is 2.28. The summed E-state index contributed by atoms with van der Waals surface area (Å²) in [6.45, 7) is 1.99. The Balaban J connectivity index is 1.94. The van der Waals surface area contributed by atoms with Crippen LogP contribution >= 0.6 is 0 Å². The lowest BCUT2D eigenvalue weighted by atomic mass is 10.1. The van der Waals surface area contributed by atoms with Gasteiger partial charge in [-0.2, -0.15) is 0 Å². The summed E-state index contributed by atoms with van der Waals surface area (Å²) in [5.41, 5.74) is 10.9. The first kappa shape index (κ1) is 12.5. The van der Waals surface area contributed by atoms with Crippen LogP contribution < -0.4 is 10.5 Å². The highest BCUT2D eigenvalue weighted by Crippen LogP contribution is 2.18. The lowest BCUT2D eigenvalue weighted by Crippen LogP contribution is -1.93. The Labute approximate surface area is 117 Å². The van der Waals surface area contributed by atoms with Crippen molar-refractivity contribution >= 4 is 11.3 Å². The molecule has 0 aliphatic rings. The van der Waals surface area contributed by atoms with Crippen LogP contribution in [0.25, 0.3) is 5.65 Å². The van der Waals surface area contributed by atoms with Gasteiger partial charge in [-0.05, 0) is 36.2 Å². The van der Waals surface area contributed by atoms with Crippen LogP contribution in [0.1, 0.15) is 16.8 Å². The number of aryl methyl sites for hydroxylation is 1. The molecule has 0 aliphatic heterocycles. The largest absolute Gasteiger partial charge is 0.497 e. The number of anilines is 1. The molecule has 3 aromatic rings. The van der Waals surface area contributed by atoms with Gasteiger partial charge < -0.3 is 14.9 Å². The molecule has 1 aromatic carbocycles. The number of benzene rings is 1. The predicted molar refractivity (Wildman–Crippen MR) is 80.1 cm³/mol. The first-order chi connectivity index (χ1) is 9.65. The second-order valence-corrected chi connectivity index (χ2v) is 4.94. The van der Waals surface area contributed by atoms with Crippen molar-refractivity contribution in [2.75, 3.05) is 12.8 Å². The number of hydrogen-bond donors (Lipinski definition) is 1. The monoisotopic (exact) mass is 267 g/mol. The number of imidazole rings is 1. The van der Waals surface area contributed by atoms with Crippen LogP contribution in [0.3, 0.4) is 0 Å². The summed E-state index contributed by atoms with van der Waals surface area (Å²) in [6.07, 6.45) is 4.70. The molecular formula is C16H17N3O. The van der Waals surface area contributed by atoms with E-state index in [1.54, 1.807) is 7.11 Å². The van der Waals surface area contributed by atoms with Crippen LogP contribution in [0.4, 0.5) is 5.69 Å². The average Bonchev–Trinajstić information content (AvgIpc) is 2.80. The highest BCUT2D eigenvalue weighted by Gasteiger charge is 2.05. The third-order valence-electron chi connectivity index (χ3n) is 3.41. The summed E-state index contributed by atoms with van der Waals surface area (Å²) in [4.78, 5) is 4.63. The van der Waals surface area contributed by atoms with Crippen molar-refractivity contribution in [3.63, 3.8) is 0 Å². The molecule has 2 heterocycles. The lowest BCUT2D eigenvalue weighted by molar-refractivity contribution is 0.414. The van der Waals surface area contributed by atoms with Gasteiger partial charge >= 0.3 is 0 Å². The average molecular weight is 267 g/mol. The maximum atomic E-state index is 5.92. The van der Waals surface area contributed by atoms with Crippen molar-refractivity contribution < 1.29 is 4.74 Å². The number of hydrogen-bond acceptors (Lipinski definition) is 3. The molecule has 4 nitrogen and oxygen atoms in total. The lowest BCUT2D eigenvalue weighted by Gasteiger charge is -2.02. The molecule has 20 heavy (non-hydrogen) atoms. The number of ether oxygens (including phenoxy) is 1. The zero-order valence-electron chi connectivity index (χ0n) is 11.6. The van der Waals surface area contributed by atoms with Crippen molar-refractivity contribution in [2.24, 2.45) is 0 Å². The van der Waals surface area contributed by atoms with Gasteiger partial charge in [0.1, 0.15) is 11.4 Å². The second kappa shape index (κ2) is 4.89. The standard InChI is InChI=1S/C16H17N3O/c1-11-6-16-18-13(9-19(16)10-15(11)17)7-12-4-3-5-14(8-12)20-2/h3-6,8-10H,7,17H2,1-2H3. The van der Waals surface area contributed by atoms with Crippen LogP contribution in [0.5, 0.6) is 5.75 Å². The molecule has 0 saturated carbocycles. The molecule has 0 bridgehead atoms. The third-order valence-corrected chi connectivity index (χ3v) is 3.41. The van der Waals surface area contributed by atoms with Crippen molar-refractivity contribution in [3.05, 3.63) is 59.5 Å². The third kappa shape index (κ3) is 2.32. The summed E-state index contributed by atoms with van der Waals surface area (Å²) in [5, 5.41) is 0. The van der Waals surface area contributed by atoms with E-state index in [-0.39, 0.29) is 0 Å². The zero-order chi connectivity index (χ0) is 14.1. The van der Waals surface area contributed by atoms with E-state index < -0.39 is 0 Å². The Kier molecular flexibility index (Phi) is 3.06. The van der Waals surface area contributed by atoms with Gasteiger partial charge in [0, 0.05) is 18.8 Å². The number of fused-ring (bicyclic) bond motifs is 1. The van der Waals surface area contributed by atoms with Gasteiger partial charge in [-0.15, -0.1) is 0 Å².